The third-order valence-corrected chi connectivity index (χ3v) is 4.85. The summed E-state index contributed by atoms with van der Waals surface area (Å²) in [6.45, 7) is 3.51. The molecule has 2 atom stereocenters. The van der Waals surface area contributed by atoms with Crippen molar-refractivity contribution in [2.24, 2.45) is 5.92 Å². The van der Waals surface area contributed by atoms with Crippen LogP contribution in [0.5, 0.6) is 0 Å². The molecule has 0 bridgehead atoms. The minimum atomic E-state index is 0.318. The van der Waals surface area contributed by atoms with Crippen molar-refractivity contribution in [1.82, 2.24) is 4.90 Å². The summed E-state index contributed by atoms with van der Waals surface area (Å²) in [5.41, 5.74) is 1.37. The molecule has 1 saturated heterocycles. The summed E-state index contributed by atoms with van der Waals surface area (Å²) in [7, 11) is 0. The second kappa shape index (κ2) is 5.98. The summed E-state index contributed by atoms with van der Waals surface area (Å²) in [5, 5.41) is 9.31. The predicted octanol–water partition coefficient (Wildman–Crippen LogP) is 2.30. The highest BCUT2D eigenvalue weighted by molar-refractivity contribution is 14.1. The molecule has 0 aliphatic carbocycles. The Hall–Kier alpha value is -0.130. The Balaban J connectivity index is 1.92. The number of aliphatic hydroxyl groups excluding tert-OH is 1. The van der Waals surface area contributed by atoms with Crippen LogP contribution in [0.25, 0.3) is 0 Å². The number of halogens is 1. The van der Waals surface area contributed by atoms with Crippen LogP contribution in [-0.4, -0.2) is 33.6 Å². The molecule has 1 heterocycles. The van der Waals surface area contributed by atoms with E-state index in [1.807, 2.05) is 0 Å². The summed E-state index contributed by atoms with van der Waals surface area (Å²) in [6, 6.07) is 10.6. The van der Waals surface area contributed by atoms with Gasteiger partial charge in [-0.1, -0.05) is 52.9 Å². The lowest BCUT2D eigenvalue weighted by molar-refractivity contribution is 0.125. The molecule has 3 heteroatoms. The Labute approximate surface area is 111 Å². The van der Waals surface area contributed by atoms with Crippen LogP contribution >= 0.6 is 22.6 Å². The van der Waals surface area contributed by atoms with Gasteiger partial charge in [-0.3, -0.25) is 4.90 Å². The predicted molar refractivity (Wildman–Crippen MR) is 74.7 cm³/mol. The fraction of sp³-hybridized carbons (Fsp3) is 0.538. The van der Waals surface area contributed by atoms with Crippen LogP contribution in [0.3, 0.4) is 0 Å². The minimum absolute atomic E-state index is 0.318. The van der Waals surface area contributed by atoms with Crippen molar-refractivity contribution in [3.8, 4) is 0 Å². The summed E-state index contributed by atoms with van der Waals surface area (Å²) >= 11 is 2.47. The number of nitrogens with zero attached hydrogens (tertiary/aromatic N) is 1. The lowest BCUT2D eigenvalue weighted by atomic mass is 9.98. The first-order valence-corrected chi connectivity index (χ1v) is 7.05. The minimum Gasteiger partial charge on any atom is -0.396 e. The highest BCUT2D eigenvalue weighted by Gasteiger charge is 2.26. The number of rotatable bonds is 3. The van der Waals surface area contributed by atoms with E-state index in [0.717, 1.165) is 19.6 Å². The van der Waals surface area contributed by atoms with E-state index in [1.165, 1.54) is 12.0 Å². The summed E-state index contributed by atoms with van der Waals surface area (Å²) < 4.78 is 0.634. The van der Waals surface area contributed by atoms with Gasteiger partial charge in [0.15, 0.2) is 0 Å². The van der Waals surface area contributed by atoms with Gasteiger partial charge in [-0.2, -0.15) is 0 Å². The molecule has 16 heavy (non-hydrogen) atoms. The average Bonchev–Trinajstić information content (AvgIpc) is 2.33. The van der Waals surface area contributed by atoms with Crippen LogP contribution in [0.1, 0.15) is 12.0 Å². The molecule has 1 aliphatic rings. The Morgan fingerprint density at radius 2 is 2.06 bits per heavy atom. The van der Waals surface area contributed by atoms with Crippen molar-refractivity contribution in [3.05, 3.63) is 35.9 Å². The molecule has 1 aromatic carbocycles. The number of aliphatic hydroxyl groups is 1. The van der Waals surface area contributed by atoms with Crippen molar-refractivity contribution in [3.63, 3.8) is 0 Å². The van der Waals surface area contributed by atoms with Gasteiger partial charge >= 0.3 is 0 Å². The van der Waals surface area contributed by atoms with Gasteiger partial charge in [-0.15, -0.1) is 0 Å². The fourth-order valence-corrected chi connectivity index (χ4v) is 2.97. The normalized spacial score (nSPS) is 26.9. The van der Waals surface area contributed by atoms with Crippen molar-refractivity contribution >= 4 is 22.6 Å². The summed E-state index contributed by atoms with van der Waals surface area (Å²) in [4.78, 5) is 2.45. The highest BCUT2D eigenvalue weighted by Crippen LogP contribution is 2.24. The quantitative estimate of drug-likeness (QED) is 0.679. The maximum absolute atomic E-state index is 9.31. The zero-order chi connectivity index (χ0) is 11.4. The first-order chi connectivity index (χ1) is 7.79. The largest absolute Gasteiger partial charge is 0.396 e. The lowest BCUT2D eigenvalue weighted by Gasteiger charge is -2.35. The average molecular weight is 331 g/mol. The summed E-state index contributed by atoms with van der Waals surface area (Å²) in [6.07, 6.45) is 1.19. The molecule has 0 aromatic heterocycles. The first kappa shape index (κ1) is 12.3. The smallest absolute Gasteiger partial charge is 0.0481 e. The number of hydrogen-bond donors (Lipinski definition) is 1. The molecule has 1 aliphatic heterocycles. The van der Waals surface area contributed by atoms with Gasteiger partial charge in [0, 0.05) is 29.5 Å². The molecule has 0 radical (unpaired) electrons. The topological polar surface area (TPSA) is 23.5 Å². The zero-order valence-corrected chi connectivity index (χ0v) is 11.5. The second-order valence-electron chi connectivity index (χ2n) is 4.47. The molecule has 2 rings (SSSR count). The van der Waals surface area contributed by atoms with E-state index in [2.05, 4.69) is 57.8 Å². The molecular weight excluding hydrogens is 313 g/mol. The van der Waals surface area contributed by atoms with E-state index in [9.17, 15) is 5.11 Å². The van der Waals surface area contributed by atoms with E-state index < -0.39 is 0 Å². The van der Waals surface area contributed by atoms with Gasteiger partial charge in [0.2, 0.25) is 0 Å². The van der Waals surface area contributed by atoms with E-state index in [1.54, 1.807) is 0 Å². The Morgan fingerprint density at radius 3 is 2.75 bits per heavy atom. The van der Waals surface area contributed by atoms with Crippen LogP contribution < -0.4 is 0 Å². The lowest BCUT2D eigenvalue weighted by Crippen LogP contribution is -2.41. The maximum atomic E-state index is 9.31. The van der Waals surface area contributed by atoms with E-state index in [0.29, 0.717) is 16.4 Å². The van der Waals surface area contributed by atoms with Crippen LogP contribution in [0.4, 0.5) is 0 Å². The van der Waals surface area contributed by atoms with Gasteiger partial charge in [0.25, 0.3) is 0 Å². The fourth-order valence-electron chi connectivity index (χ4n) is 2.24. The van der Waals surface area contributed by atoms with Crippen LogP contribution in [0.2, 0.25) is 0 Å². The SMILES string of the molecule is OCC1CN(Cc2ccccc2)CCC1I. The Bertz CT molecular complexity index is 317. The molecule has 0 saturated carbocycles. The molecule has 2 nitrogen and oxygen atoms in total. The molecule has 0 spiro atoms. The molecular formula is C13H18INO. The third kappa shape index (κ3) is 3.18. The van der Waals surface area contributed by atoms with Crippen molar-refractivity contribution in [2.45, 2.75) is 16.9 Å². The highest BCUT2D eigenvalue weighted by atomic mass is 127. The van der Waals surface area contributed by atoms with Gasteiger partial charge in [0.1, 0.15) is 0 Å². The van der Waals surface area contributed by atoms with Gasteiger partial charge in [0.05, 0.1) is 0 Å². The molecule has 2 unspecified atom stereocenters. The van der Waals surface area contributed by atoms with Crippen LogP contribution in [0.15, 0.2) is 30.3 Å². The monoisotopic (exact) mass is 331 g/mol. The molecule has 1 fully saturated rings. The maximum Gasteiger partial charge on any atom is 0.0481 e. The molecule has 1 aromatic rings. The zero-order valence-electron chi connectivity index (χ0n) is 9.35. The van der Waals surface area contributed by atoms with Gasteiger partial charge in [-0.25, -0.2) is 0 Å². The molecule has 88 valence electrons. The van der Waals surface area contributed by atoms with Gasteiger partial charge < -0.3 is 5.11 Å². The Morgan fingerprint density at radius 1 is 1.31 bits per heavy atom. The number of benzene rings is 1. The molecule has 1 N–H and O–H groups in total. The van der Waals surface area contributed by atoms with Gasteiger partial charge in [-0.05, 0) is 18.5 Å². The van der Waals surface area contributed by atoms with Crippen LogP contribution in [-0.2, 0) is 6.54 Å². The van der Waals surface area contributed by atoms with Crippen molar-refractivity contribution < 1.29 is 5.11 Å². The Kier molecular flexibility index (Phi) is 4.61. The van der Waals surface area contributed by atoms with Crippen molar-refractivity contribution in [2.75, 3.05) is 19.7 Å². The van der Waals surface area contributed by atoms with E-state index in [-0.39, 0.29) is 0 Å². The number of hydrogen-bond acceptors (Lipinski definition) is 2. The second-order valence-corrected chi connectivity index (χ2v) is 6.07. The number of alkyl halides is 1. The molecule has 0 amide bonds. The number of likely N-dealkylation sites (tertiary alicyclic amines) is 1. The van der Waals surface area contributed by atoms with Crippen molar-refractivity contribution in [1.29, 1.82) is 0 Å². The number of piperidine rings is 1. The third-order valence-electron chi connectivity index (χ3n) is 3.21. The summed E-state index contributed by atoms with van der Waals surface area (Å²) in [5.74, 6) is 0.443. The van der Waals surface area contributed by atoms with E-state index in [4.69, 9.17) is 0 Å². The standard InChI is InChI=1S/C13H18INO/c14-13-6-7-15(9-12(13)10-16)8-11-4-2-1-3-5-11/h1-5,12-13,16H,6-10H2. The first-order valence-electron chi connectivity index (χ1n) is 5.81. The van der Waals surface area contributed by atoms with E-state index >= 15 is 0 Å². The van der Waals surface area contributed by atoms with Crippen LogP contribution in [0, 0.1) is 5.92 Å².